The van der Waals surface area contributed by atoms with E-state index in [1.807, 2.05) is 0 Å². The Balaban J connectivity index is 2.86. The fourth-order valence-electron chi connectivity index (χ4n) is 2.19. The van der Waals surface area contributed by atoms with Crippen molar-refractivity contribution >= 4 is 22.1 Å². The van der Waals surface area contributed by atoms with Gasteiger partial charge in [0.05, 0.1) is 0 Å². The molecule has 120 valence electrons. The van der Waals surface area contributed by atoms with E-state index < -0.39 is 29.2 Å². The third kappa shape index (κ3) is 2.12. The highest BCUT2D eigenvalue weighted by Gasteiger charge is 2.72. The molecule has 0 spiro atoms. The van der Waals surface area contributed by atoms with Crippen LogP contribution in [0.2, 0.25) is 0 Å². The van der Waals surface area contributed by atoms with E-state index in [1.54, 1.807) is 0 Å². The van der Waals surface area contributed by atoms with Gasteiger partial charge in [-0.05, 0) is 6.07 Å². The minimum atomic E-state index is -5.99. The zero-order valence-corrected chi connectivity index (χ0v) is 10.8. The summed E-state index contributed by atoms with van der Waals surface area (Å²) >= 11 is 0. The van der Waals surface area contributed by atoms with Crippen molar-refractivity contribution in [2.75, 3.05) is 11.5 Å². The molecule has 0 aliphatic heterocycles. The molecule has 0 saturated carbocycles. The molecule has 0 aliphatic carbocycles. The lowest BCUT2D eigenvalue weighted by atomic mass is 9.88. The monoisotopic (exact) mass is 324 g/mol. The number of benzene rings is 2. The van der Waals surface area contributed by atoms with Crippen LogP contribution in [0.5, 0.6) is 0 Å². The summed E-state index contributed by atoms with van der Waals surface area (Å²) in [7, 11) is 0. The van der Waals surface area contributed by atoms with E-state index in [9.17, 15) is 31.4 Å². The van der Waals surface area contributed by atoms with Crippen molar-refractivity contribution in [3.8, 4) is 0 Å². The fraction of sp³-hybridized carbons (Fsp3) is 0.231. The van der Waals surface area contributed by atoms with Crippen LogP contribution in [-0.4, -0.2) is 17.5 Å². The Morgan fingerprint density at radius 2 is 1.32 bits per heavy atom. The zero-order valence-electron chi connectivity index (χ0n) is 10.8. The quantitative estimate of drug-likeness (QED) is 0.557. The molecule has 0 aromatic heterocycles. The van der Waals surface area contributed by atoms with E-state index in [0.717, 1.165) is 6.07 Å². The number of rotatable bonds is 1. The van der Waals surface area contributed by atoms with Gasteiger partial charge in [-0.15, -0.1) is 0 Å². The molecule has 0 aliphatic rings. The van der Waals surface area contributed by atoms with E-state index in [0.29, 0.717) is 6.07 Å². The van der Waals surface area contributed by atoms with E-state index in [2.05, 4.69) is 0 Å². The molecule has 9 heteroatoms. The molecular weight excluding hydrogens is 314 g/mol. The van der Waals surface area contributed by atoms with Crippen LogP contribution in [0.15, 0.2) is 30.3 Å². The van der Waals surface area contributed by atoms with Gasteiger partial charge < -0.3 is 16.6 Å². The summed E-state index contributed by atoms with van der Waals surface area (Å²) in [6, 6.07) is 5.41. The van der Waals surface area contributed by atoms with Crippen molar-refractivity contribution in [3.63, 3.8) is 0 Å². The third-order valence-corrected chi connectivity index (χ3v) is 3.35. The Morgan fingerprint density at radius 1 is 0.773 bits per heavy atom. The van der Waals surface area contributed by atoms with E-state index in [-0.39, 0.29) is 16.5 Å². The Hall–Kier alpha value is -2.16. The number of halogens is 6. The Labute approximate surface area is 120 Å². The Morgan fingerprint density at radius 3 is 1.82 bits per heavy atom. The van der Waals surface area contributed by atoms with Gasteiger partial charge in [-0.1, -0.05) is 24.3 Å². The summed E-state index contributed by atoms with van der Waals surface area (Å²) in [5, 5.41) is 9.49. The van der Waals surface area contributed by atoms with Gasteiger partial charge in [-0.2, -0.15) is 26.3 Å². The van der Waals surface area contributed by atoms with Crippen LogP contribution in [0, 0.1) is 0 Å². The predicted octanol–water partition coefficient (Wildman–Crippen LogP) is 3.32. The van der Waals surface area contributed by atoms with Crippen molar-refractivity contribution in [2.24, 2.45) is 0 Å². The first-order valence-corrected chi connectivity index (χ1v) is 5.84. The first-order chi connectivity index (χ1) is 9.91. The van der Waals surface area contributed by atoms with Crippen LogP contribution in [0.4, 0.5) is 37.7 Å². The maximum absolute atomic E-state index is 12.9. The SMILES string of the molecule is Nc1cccc2c(N)c(C(O)(C(F)(F)F)C(F)(F)F)ccc12. The molecule has 0 heterocycles. The van der Waals surface area contributed by atoms with Crippen molar-refractivity contribution in [2.45, 2.75) is 18.0 Å². The van der Waals surface area contributed by atoms with Crippen LogP contribution in [0.1, 0.15) is 5.56 Å². The highest BCUT2D eigenvalue weighted by Crippen LogP contribution is 2.52. The lowest BCUT2D eigenvalue weighted by molar-refractivity contribution is -0.375. The van der Waals surface area contributed by atoms with Crippen LogP contribution >= 0.6 is 0 Å². The molecule has 3 nitrogen and oxygen atoms in total. The smallest absolute Gasteiger partial charge is 0.398 e. The lowest BCUT2D eigenvalue weighted by Crippen LogP contribution is -2.54. The molecule has 0 unspecified atom stereocenters. The first kappa shape index (κ1) is 16.2. The predicted molar refractivity (Wildman–Crippen MR) is 68.8 cm³/mol. The van der Waals surface area contributed by atoms with Gasteiger partial charge in [0, 0.05) is 27.7 Å². The number of fused-ring (bicyclic) bond motifs is 1. The van der Waals surface area contributed by atoms with Gasteiger partial charge in [-0.25, -0.2) is 0 Å². The van der Waals surface area contributed by atoms with Crippen molar-refractivity contribution < 1.29 is 31.4 Å². The second-order valence-electron chi connectivity index (χ2n) is 4.68. The molecule has 0 radical (unpaired) electrons. The first-order valence-electron chi connectivity index (χ1n) is 5.84. The summed E-state index contributed by atoms with van der Waals surface area (Å²) in [5.74, 6) is 0. The average Bonchev–Trinajstić information content (AvgIpc) is 2.37. The highest BCUT2D eigenvalue weighted by molar-refractivity contribution is 6.01. The summed E-state index contributed by atoms with van der Waals surface area (Å²) in [6.07, 6.45) is -12.0. The number of hydrogen-bond donors (Lipinski definition) is 3. The van der Waals surface area contributed by atoms with E-state index >= 15 is 0 Å². The number of aliphatic hydroxyl groups is 1. The van der Waals surface area contributed by atoms with Crippen molar-refractivity contribution in [1.29, 1.82) is 0 Å². The summed E-state index contributed by atoms with van der Waals surface area (Å²) in [4.78, 5) is 0. The van der Waals surface area contributed by atoms with Gasteiger partial charge in [0.15, 0.2) is 0 Å². The molecule has 0 amide bonds. The average molecular weight is 324 g/mol. The van der Waals surface area contributed by atoms with Gasteiger partial charge in [-0.3, -0.25) is 0 Å². The number of hydrogen-bond acceptors (Lipinski definition) is 3. The fourth-order valence-corrected chi connectivity index (χ4v) is 2.19. The number of alkyl halides is 6. The maximum Gasteiger partial charge on any atom is 0.430 e. The Bertz CT molecular complexity index is 709. The molecule has 2 aromatic carbocycles. The van der Waals surface area contributed by atoms with Crippen LogP contribution in [0.3, 0.4) is 0 Å². The normalized spacial score (nSPS) is 13.6. The van der Waals surface area contributed by atoms with Crippen LogP contribution in [-0.2, 0) is 5.60 Å². The third-order valence-electron chi connectivity index (χ3n) is 3.35. The van der Waals surface area contributed by atoms with Crippen molar-refractivity contribution in [3.05, 3.63) is 35.9 Å². The summed E-state index contributed by atoms with van der Waals surface area (Å²) in [5.41, 5.74) is 3.80. The molecule has 0 atom stereocenters. The number of anilines is 2. The topological polar surface area (TPSA) is 72.3 Å². The maximum atomic E-state index is 12.9. The molecule has 0 saturated heterocycles. The summed E-state index contributed by atoms with van der Waals surface area (Å²) in [6.45, 7) is 0. The second kappa shape index (κ2) is 4.67. The zero-order chi connectivity index (χ0) is 16.9. The Kier molecular flexibility index (Phi) is 3.44. The molecule has 22 heavy (non-hydrogen) atoms. The molecular formula is C13H10F6N2O. The van der Waals surface area contributed by atoms with Crippen LogP contribution in [0.25, 0.3) is 10.8 Å². The molecule has 0 bridgehead atoms. The van der Waals surface area contributed by atoms with Gasteiger partial charge in [0.1, 0.15) is 0 Å². The standard InChI is InChI=1S/C13H10F6N2O/c14-12(15,16)11(22,13(17,18)19)8-5-4-6-7(10(8)21)2-1-3-9(6)20/h1-5,22H,20-21H2. The molecule has 0 fully saturated rings. The second-order valence-corrected chi connectivity index (χ2v) is 4.68. The van der Waals surface area contributed by atoms with Gasteiger partial charge in [0.2, 0.25) is 0 Å². The van der Waals surface area contributed by atoms with Crippen molar-refractivity contribution in [1.82, 2.24) is 0 Å². The molecule has 5 N–H and O–H groups in total. The minimum Gasteiger partial charge on any atom is -0.398 e. The lowest BCUT2D eigenvalue weighted by Gasteiger charge is -2.33. The molecule has 2 aromatic rings. The van der Waals surface area contributed by atoms with Crippen LogP contribution < -0.4 is 11.5 Å². The largest absolute Gasteiger partial charge is 0.430 e. The highest BCUT2D eigenvalue weighted by atomic mass is 19.4. The number of nitrogen functional groups attached to an aromatic ring is 2. The summed E-state index contributed by atoms with van der Waals surface area (Å²) < 4.78 is 77.4. The van der Waals surface area contributed by atoms with E-state index in [4.69, 9.17) is 11.5 Å². The minimum absolute atomic E-state index is 0.107. The van der Waals surface area contributed by atoms with Gasteiger partial charge in [0.25, 0.3) is 5.60 Å². The number of nitrogens with two attached hydrogens (primary N) is 2. The van der Waals surface area contributed by atoms with E-state index in [1.165, 1.54) is 18.2 Å². The molecule has 2 rings (SSSR count). The van der Waals surface area contributed by atoms with Gasteiger partial charge >= 0.3 is 12.4 Å².